The van der Waals surface area contributed by atoms with E-state index in [2.05, 4.69) is 23.2 Å². The van der Waals surface area contributed by atoms with Gasteiger partial charge < -0.3 is 10.2 Å². The molecule has 0 atom stereocenters. The summed E-state index contributed by atoms with van der Waals surface area (Å²) in [6.07, 6.45) is 0.894. The highest BCUT2D eigenvalue weighted by atomic mass is 16.2. The molecular weight excluding hydrogens is 314 g/mol. The molecule has 0 bridgehead atoms. The van der Waals surface area contributed by atoms with Gasteiger partial charge in [0.25, 0.3) is 0 Å². The van der Waals surface area contributed by atoms with Crippen molar-refractivity contribution >= 4 is 17.5 Å². The van der Waals surface area contributed by atoms with E-state index in [1.807, 2.05) is 44.7 Å². The van der Waals surface area contributed by atoms with Crippen molar-refractivity contribution in [1.82, 2.24) is 9.80 Å². The summed E-state index contributed by atoms with van der Waals surface area (Å²) in [5, 5.41) is 3.07. The topological polar surface area (TPSA) is 52.7 Å². The fourth-order valence-electron chi connectivity index (χ4n) is 3.17. The van der Waals surface area contributed by atoms with Gasteiger partial charge in [-0.1, -0.05) is 45.9 Å². The Labute approximate surface area is 151 Å². The van der Waals surface area contributed by atoms with E-state index in [0.717, 1.165) is 36.3 Å². The molecule has 1 aromatic rings. The van der Waals surface area contributed by atoms with Crippen molar-refractivity contribution in [1.29, 1.82) is 0 Å². The number of benzene rings is 1. The Morgan fingerprint density at radius 1 is 1.12 bits per heavy atom. The van der Waals surface area contributed by atoms with Gasteiger partial charge >= 0.3 is 0 Å². The van der Waals surface area contributed by atoms with E-state index in [0.29, 0.717) is 19.6 Å². The second-order valence-corrected chi connectivity index (χ2v) is 7.83. The van der Waals surface area contributed by atoms with Crippen LogP contribution in [-0.2, 0) is 16.0 Å². The number of nitrogens with one attached hydrogen (secondary N) is 1. The van der Waals surface area contributed by atoms with Crippen molar-refractivity contribution < 1.29 is 9.59 Å². The first-order valence-electron chi connectivity index (χ1n) is 9.12. The Bertz CT molecular complexity index is 626. The lowest BCUT2D eigenvalue weighted by molar-refractivity contribution is -0.141. The summed E-state index contributed by atoms with van der Waals surface area (Å²) in [5.41, 5.74) is 2.85. The molecule has 1 heterocycles. The summed E-state index contributed by atoms with van der Waals surface area (Å²) in [6, 6.07) is 6.10. The highest BCUT2D eigenvalue weighted by Crippen LogP contribution is 2.21. The van der Waals surface area contributed by atoms with Crippen molar-refractivity contribution in [2.24, 2.45) is 5.41 Å². The lowest BCUT2D eigenvalue weighted by Crippen LogP contribution is -2.52. The molecule has 0 radical (unpaired) electrons. The smallest absolute Gasteiger partial charge is 0.238 e. The van der Waals surface area contributed by atoms with Crippen LogP contribution >= 0.6 is 0 Å². The van der Waals surface area contributed by atoms with Crippen LogP contribution in [0.2, 0.25) is 0 Å². The number of aryl methyl sites for hydroxylation is 2. The fourth-order valence-corrected chi connectivity index (χ4v) is 3.17. The lowest BCUT2D eigenvalue weighted by atomic mass is 9.94. The van der Waals surface area contributed by atoms with E-state index in [4.69, 9.17) is 0 Å². The first kappa shape index (κ1) is 19.4. The summed E-state index contributed by atoms with van der Waals surface area (Å²) in [7, 11) is 0. The number of carbonyl (C=O) groups excluding carboxylic acids is 2. The highest BCUT2D eigenvalue weighted by Gasteiger charge is 2.30. The van der Waals surface area contributed by atoms with Gasteiger partial charge in [0.1, 0.15) is 0 Å². The summed E-state index contributed by atoms with van der Waals surface area (Å²) in [5.74, 6) is 0.198. The Hall–Kier alpha value is -1.88. The summed E-state index contributed by atoms with van der Waals surface area (Å²) < 4.78 is 0. The highest BCUT2D eigenvalue weighted by molar-refractivity contribution is 5.93. The van der Waals surface area contributed by atoms with Crippen molar-refractivity contribution in [3.8, 4) is 0 Å². The van der Waals surface area contributed by atoms with Crippen molar-refractivity contribution in [2.45, 2.75) is 41.0 Å². The molecule has 1 aliphatic rings. The average molecular weight is 345 g/mol. The van der Waals surface area contributed by atoms with E-state index >= 15 is 0 Å². The molecular formula is C20H31N3O2. The fraction of sp³-hybridized carbons (Fsp3) is 0.600. The van der Waals surface area contributed by atoms with Crippen LogP contribution in [0.25, 0.3) is 0 Å². The number of nitrogens with zero attached hydrogens (tertiary/aromatic N) is 2. The number of hydrogen-bond acceptors (Lipinski definition) is 3. The Balaban J connectivity index is 1.88. The van der Waals surface area contributed by atoms with Crippen molar-refractivity contribution in [3.63, 3.8) is 0 Å². The third-order valence-electron chi connectivity index (χ3n) is 4.67. The SMILES string of the molecule is CCc1cccc(C)c1NC(=O)CN1CCN(C(=O)C(C)(C)C)CC1. The van der Waals surface area contributed by atoms with Crippen LogP contribution in [-0.4, -0.2) is 54.3 Å². The maximum Gasteiger partial charge on any atom is 0.238 e. The van der Waals surface area contributed by atoms with Gasteiger partial charge in [-0.15, -0.1) is 0 Å². The van der Waals surface area contributed by atoms with E-state index in [1.54, 1.807) is 0 Å². The monoisotopic (exact) mass is 345 g/mol. The minimum Gasteiger partial charge on any atom is -0.340 e. The third-order valence-corrected chi connectivity index (χ3v) is 4.67. The van der Waals surface area contributed by atoms with Gasteiger partial charge in [-0.2, -0.15) is 0 Å². The summed E-state index contributed by atoms with van der Waals surface area (Å²) in [6.45, 7) is 13.2. The third kappa shape index (κ3) is 5.05. The molecule has 2 rings (SSSR count). The second kappa shape index (κ2) is 8.00. The van der Waals surface area contributed by atoms with Gasteiger partial charge in [-0.25, -0.2) is 0 Å². The molecule has 1 aliphatic heterocycles. The summed E-state index contributed by atoms with van der Waals surface area (Å²) >= 11 is 0. The van der Waals surface area contributed by atoms with Crippen LogP contribution in [0.4, 0.5) is 5.69 Å². The van der Waals surface area contributed by atoms with Crippen LogP contribution < -0.4 is 5.32 Å². The number of rotatable bonds is 4. The van der Waals surface area contributed by atoms with Crippen LogP contribution in [0.3, 0.4) is 0 Å². The van der Waals surface area contributed by atoms with Gasteiger partial charge in [-0.05, 0) is 24.5 Å². The minimum absolute atomic E-state index is 0.0135. The standard InChI is InChI=1S/C20H31N3O2/c1-6-16-9-7-8-15(2)18(16)21-17(24)14-22-10-12-23(13-11-22)19(25)20(3,4)5/h7-9H,6,10-14H2,1-5H3,(H,21,24). The van der Waals surface area contributed by atoms with Crippen molar-refractivity contribution in [3.05, 3.63) is 29.3 Å². The minimum atomic E-state index is -0.346. The predicted octanol–water partition coefficient (Wildman–Crippen LogP) is 2.69. The molecule has 0 aromatic heterocycles. The molecule has 0 unspecified atom stereocenters. The quantitative estimate of drug-likeness (QED) is 0.913. The van der Waals surface area contributed by atoms with Crippen LogP contribution in [0, 0.1) is 12.3 Å². The molecule has 138 valence electrons. The molecule has 5 heteroatoms. The summed E-state index contributed by atoms with van der Waals surface area (Å²) in [4.78, 5) is 28.8. The number of piperazine rings is 1. The van der Waals surface area contributed by atoms with Gasteiger partial charge in [0.05, 0.1) is 6.54 Å². The average Bonchev–Trinajstić information content (AvgIpc) is 2.56. The maximum atomic E-state index is 12.4. The van der Waals surface area contributed by atoms with E-state index < -0.39 is 0 Å². The number of hydrogen-bond donors (Lipinski definition) is 1. The van der Waals surface area contributed by atoms with Crippen LogP contribution in [0.15, 0.2) is 18.2 Å². The number of para-hydroxylation sites is 1. The number of carbonyl (C=O) groups is 2. The largest absolute Gasteiger partial charge is 0.340 e. The van der Waals surface area contributed by atoms with Gasteiger partial charge in [0.15, 0.2) is 0 Å². The molecule has 0 spiro atoms. The first-order chi connectivity index (χ1) is 11.7. The van der Waals surface area contributed by atoms with Crippen molar-refractivity contribution in [2.75, 3.05) is 38.0 Å². The lowest BCUT2D eigenvalue weighted by Gasteiger charge is -2.37. The van der Waals surface area contributed by atoms with Crippen LogP contribution in [0.5, 0.6) is 0 Å². The second-order valence-electron chi connectivity index (χ2n) is 7.83. The van der Waals surface area contributed by atoms with Crippen LogP contribution in [0.1, 0.15) is 38.8 Å². The van der Waals surface area contributed by atoms with E-state index in [-0.39, 0.29) is 17.2 Å². The molecule has 0 saturated carbocycles. The molecule has 1 fully saturated rings. The zero-order valence-corrected chi connectivity index (χ0v) is 16.2. The van der Waals surface area contributed by atoms with Gasteiger partial charge in [0.2, 0.25) is 11.8 Å². The number of amides is 2. The first-order valence-corrected chi connectivity index (χ1v) is 9.12. The predicted molar refractivity (Wildman–Crippen MR) is 102 cm³/mol. The molecule has 1 N–H and O–H groups in total. The molecule has 2 amide bonds. The molecule has 1 saturated heterocycles. The molecule has 5 nitrogen and oxygen atoms in total. The Morgan fingerprint density at radius 3 is 2.32 bits per heavy atom. The molecule has 0 aliphatic carbocycles. The van der Waals surface area contributed by atoms with Gasteiger partial charge in [0, 0.05) is 37.3 Å². The molecule has 1 aromatic carbocycles. The maximum absolute atomic E-state index is 12.4. The number of anilines is 1. The zero-order chi connectivity index (χ0) is 18.6. The van der Waals surface area contributed by atoms with E-state index in [1.165, 1.54) is 0 Å². The zero-order valence-electron chi connectivity index (χ0n) is 16.2. The van der Waals surface area contributed by atoms with E-state index in [9.17, 15) is 9.59 Å². The Morgan fingerprint density at radius 2 is 1.76 bits per heavy atom. The van der Waals surface area contributed by atoms with Gasteiger partial charge in [-0.3, -0.25) is 14.5 Å². The molecule has 25 heavy (non-hydrogen) atoms. The Kier molecular flexibility index (Phi) is 6.22. The normalized spacial score (nSPS) is 16.0.